The van der Waals surface area contributed by atoms with Gasteiger partial charge in [0.2, 0.25) is 5.88 Å². The summed E-state index contributed by atoms with van der Waals surface area (Å²) in [5, 5.41) is 9.73. The zero-order valence-electron chi connectivity index (χ0n) is 13.2. The number of rotatable bonds is 4. The van der Waals surface area contributed by atoms with E-state index in [1.54, 1.807) is 0 Å². The molecule has 0 aliphatic rings. The number of aliphatic imine (C=N–C) groups is 1. The van der Waals surface area contributed by atoms with Gasteiger partial charge in [0.25, 0.3) is 5.56 Å². The summed E-state index contributed by atoms with van der Waals surface area (Å²) in [6, 6.07) is 4.00. The molecule has 1 heterocycles. The standard InChI is InChI=1S/C15H13N3O6S/c1-23-13(21)7-3-8(14(22)24-2)5-9(4-7)16-6-10-11(19)17-15(25)18-12(10)20/h3-6H,1-2H3,(H3,17,18,19,20,25). The van der Waals surface area contributed by atoms with Crippen LogP contribution in [-0.4, -0.2) is 47.4 Å². The van der Waals surface area contributed by atoms with Crippen molar-refractivity contribution in [3.05, 3.63) is 50.0 Å². The average molecular weight is 363 g/mol. The van der Waals surface area contributed by atoms with Gasteiger partial charge in [-0.25, -0.2) is 9.59 Å². The number of benzene rings is 1. The second kappa shape index (κ2) is 7.53. The lowest BCUT2D eigenvalue weighted by atomic mass is 10.1. The van der Waals surface area contributed by atoms with Gasteiger partial charge in [-0.1, -0.05) is 0 Å². The summed E-state index contributed by atoms with van der Waals surface area (Å²) in [7, 11) is 2.39. The highest BCUT2D eigenvalue weighted by Gasteiger charge is 2.14. The normalized spacial score (nSPS) is 10.6. The van der Waals surface area contributed by atoms with E-state index in [-0.39, 0.29) is 27.1 Å². The van der Waals surface area contributed by atoms with Crippen molar-refractivity contribution in [3.8, 4) is 5.88 Å². The molecular formula is C15H13N3O6S. The molecule has 10 heteroatoms. The Morgan fingerprint density at radius 2 is 1.68 bits per heavy atom. The minimum atomic E-state index is -0.674. The summed E-state index contributed by atoms with van der Waals surface area (Å²) in [6.07, 6.45) is 1.07. The van der Waals surface area contributed by atoms with Crippen LogP contribution in [0.1, 0.15) is 26.3 Å². The topological polar surface area (TPSA) is 134 Å². The molecule has 130 valence electrons. The first-order valence-electron chi connectivity index (χ1n) is 6.77. The van der Waals surface area contributed by atoms with Crippen LogP contribution in [0.5, 0.6) is 5.88 Å². The van der Waals surface area contributed by atoms with E-state index in [0.717, 1.165) is 6.21 Å². The molecule has 1 aromatic carbocycles. The van der Waals surface area contributed by atoms with E-state index in [1.165, 1.54) is 32.4 Å². The van der Waals surface area contributed by atoms with Crippen molar-refractivity contribution in [1.29, 1.82) is 0 Å². The fourth-order valence-electron chi connectivity index (χ4n) is 1.90. The van der Waals surface area contributed by atoms with Gasteiger partial charge in [-0.15, -0.1) is 0 Å². The monoisotopic (exact) mass is 363 g/mol. The van der Waals surface area contributed by atoms with Crippen LogP contribution in [0.2, 0.25) is 0 Å². The Morgan fingerprint density at radius 3 is 2.16 bits per heavy atom. The van der Waals surface area contributed by atoms with Crippen LogP contribution in [0.4, 0.5) is 5.69 Å². The van der Waals surface area contributed by atoms with E-state index in [4.69, 9.17) is 12.2 Å². The van der Waals surface area contributed by atoms with Crippen molar-refractivity contribution in [2.75, 3.05) is 14.2 Å². The molecule has 9 nitrogen and oxygen atoms in total. The molecule has 0 atom stereocenters. The Labute approximate surface area is 146 Å². The lowest BCUT2D eigenvalue weighted by molar-refractivity contribution is 0.0599. The summed E-state index contributed by atoms with van der Waals surface area (Å²) < 4.78 is 9.20. The second-order valence-electron chi connectivity index (χ2n) is 4.68. The minimum absolute atomic E-state index is 0.0414. The maximum absolute atomic E-state index is 11.8. The van der Waals surface area contributed by atoms with E-state index in [1.807, 2.05) is 0 Å². The van der Waals surface area contributed by atoms with Gasteiger partial charge in [0.05, 0.1) is 31.0 Å². The molecule has 0 radical (unpaired) electrons. The fraction of sp³-hybridized carbons (Fsp3) is 0.133. The third kappa shape index (κ3) is 4.18. The molecule has 0 saturated carbocycles. The number of nitrogens with zero attached hydrogens (tertiary/aromatic N) is 1. The number of H-pyrrole nitrogens is 2. The maximum atomic E-state index is 11.8. The van der Waals surface area contributed by atoms with Gasteiger partial charge in [0.15, 0.2) is 4.77 Å². The number of aromatic hydroxyl groups is 1. The largest absolute Gasteiger partial charge is 0.494 e. The van der Waals surface area contributed by atoms with Crippen LogP contribution < -0.4 is 5.56 Å². The predicted octanol–water partition coefficient (Wildman–Crippen LogP) is 1.46. The first-order chi connectivity index (χ1) is 11.8. The number of nitrogens with one attached hydrogen (secondary N) is 2. The summed E-state index contributed by atoms with van der Waals surface area (Å²) in [5.74, 6) is -1.81. The first kappa shape index (κ1) is 18.1. The minimum Gasteiger partial charge on any atom is -0.494 e. The highest BCUT2D eigenvalue weighted by Crippen LogP contribution is 2.20. The Morgan fingerprint density at radius 1 is 1.12 bits per heavy atom. The summed E-state index contributed by atoms with van der Waals surface area (Å²) in [5.41, 5.74) is -0.505. The van der Waals surface area contributed by atoms with E-state index < -0.39 is 23.4 Å². The third-order valence-corrected chi connectivity index (χ3v) is 3.27. The summed E-state index contributed by atoms with van der Waals surface area (Å²) in [6.45, 7) is 0. The molecule has 25 heavy (non-hydrogen) atoms. The number of esters is 2. The Hall–Kier alpha value is -3.27. The van der Waals surface area contributed by atoms with Crippen LogP contribution in [0.15, 0.2) is 28.0 Å². The molecule has 0 spiro atoms. The second-order valence-corrected chi connectivity index (χ2v) is 5.09. The number of aromatic nitrogens is 2. The Bertz CT molecular complexity index is 942. The quantitative estimate of drug-likeness (QED) is 0.425. The van der Waals surface area contributed by atoms with Crippen LogP contribution in [0, 0.1) is 4.77 Å². The molecule has 0 aliphatic carbocycles. The number of hydrogen-bond acceptors (Lipinski definition) is 8. The molecule has 0 amide bonds. The number of carbonyl (C=O) groups excluding carboxylic acids is 2. The van der Waals surface area contributed by atoms with Gasteiger partial charge in [0, 0.05) is 6.21 Å². The highest BCUT2D eigenvalue weighted by molar-refractivity contribution is 7.71. The van der Waals surface area contributed by atoms with Gasteiger partial charge in [-0.05, 0) is 30.4 Å². The van der Waals surface area contributed by atoms with Crippen LogP contribution >= 0.6 is 12.2 Å². The summed E-state index contributed by atoms with van der Waals surface area (Å²) in [4.78, 5) is 43.9. The molecule has 0 aliphatic heterocycles. The third-order valence-electron chi connectivity index (χ3n) is 3.06. The van der Waals surface area contributed by atoms with Crippen molar-refractivity contribution in [2.45, 2.75) is 0 Å². The molecular weight excluding hydrogens is 350 g/mol. The molecule has 0 fully saturated rings. The Kier molecular flexibility index (Phi) is 5.45. The van der Waals surface area contributed by atoms with E-state index in [0.29, 0.717) is 0 Å². The number of ether oxygens (including phenoxy) is 2. The number of aromatic amines is 2. The fourth-order valence-corrected chi connectivity index (χ4v) is 2.09. The zero-order valence-corrected chi connectivity index (χ0v) is 14.0. The van der Waals surface area contributed by atoms with E-state index in [9.17, 15) is 19.5 Å². The van der Waals surface area contributed by atoms with Gasteiger partial charge < -0.3 is 19.6 Å². The van der Waals surface area contributed by atoms with Crippen molar-refractivity contribution in [3.63, 3.8) is 0 Å². The molecule has 3 N–H and O–H groups in total. The lowest BCUT2D eigenvalue weighted by Crippen LogP contribution is -2.13. The molecule has 0 bridgehead atoms. The van der Waals surface area contributed by atoms with Crippen molar-refractivity contribution in [2.24, 2.45) is 4.99 Å². The smallest absolute Gasteiger partial charge is 0.337 e. The Balaban J connectivity index is 2.52. The predicted molar refractivity (Wildman–Crippen MR) is 90.3 cm³/mol. The van der Waals surface area contributed by atoms with Gasteiger partial charge in [0.1, 0.15) is 5.56 Å². The number of carbonyl (C=O) groups is 2. The lowest BCUT2D eigenvalue weighted by Gasteiger charge is -2.05. The van der Waals surface area contributed by atoms with Crippen molar-refractivity contribution in [1.82, 2.24) is 9.97 Å². The van der Waals surface area contributed by atoms with Crippen LogP contribution in [-0.2, 0) is 9.47 Å². The average Bonchev–Trinajstić information content (AvgIpc) is 2.59. The molecule has 2 rings (SSSR count). The van der Waals surface area contributed by atoms with Crippen molar-refractivity contribution < 1.29 is 24.2 Å². The van der Waals surface area contributed by atoms with Crippen molar-refractivity contribution >= 4 is 36.1 Å². The first-order valence-corrected chi connectivity index (χ1v) is 7.18. The van der Waals surface area contributed by atoms with Gasteiger partial charge in [-0.3, -0.25) is 14.8 Å². The van der Waals surface area contributed by atoms with E-state index in [2.05, 4.69) is 24.4 Å². The van der Waals surface area contributed by atoms with Gasteiger partial charge >= 0.3 is 11.9 Å². The molecule has 1 aromatic heterocycles. The molecule has 0 unspecified atom stereocenters. The number of methoxy groups -OCH3 is 2. The SMILES string of the molecule is COC(=O)c1cc(N=Cc2c(O)[nH]c(=S)[nH]c2=O)cc(C(=O)OC)c1. The summed E-state index contributed by atoms with van der Waals surface area (Å²) >= 11 is 4.72. The van der Waals surface area contributed by atoms with Crippen LogP contribution in [0.25, 0.3) is 0 Å². The van der Waals surface area contributed by atoms with Crippen LogP contribution in [0.3, 0.4) is 0 Å². The molecule has 2 aromatic rings. The van der Waals surface area contributed by atoms with E-state index >= 15 is 0 Å². The number of hydrogen-bond donors (Lipinski definition) is 3. The zero-order chi connectivity index (χ0) is 18.6. The maximum Gasteiger partial charge on any atom is 0.337 e. The highest BCUT2D eigenvalue weighted by atomic mass is 32.1. The van der Waals surface area contributed by atoms with Gasteiger partial charge in [-0.2, -0.15) is 0 Å². The molecule has 0 saturated heterocycles.